The highest BCUT2D eigenvalue weighted by atomic mass is 31.2. The molecule has 10 heteroatoms. The first-order chi connectivity index (χ1) is 32.8. The smallest absolute Gasteiger partial charge is 0.462 e. The maximum atomic E-state index is 12.7. The van der Waals surface area contributed by atoms with E-state index < -0.39 is 32.5 Å². The van der Waals surface area contributed by atoms with Gasteiger partial charge in [0, 0.05) is 19.4 Å². The molecular weight excluding hydrogens is 858 g/mol. The van der Waals surface area contributed by atoms with Gasteiger partial charge in [0.05, 0.1) is 13.2 Å². The summed E-state index contributed by atoms with van der Waals surface area (Å²) in [5.41, 5.74) is 5.37. The minimum absolute atomic E-state index is 0.0427. The van der Waals surface area contributed by atoms with Crippen LogP contribution in [0.1, 0.15) is 194 Å². The largest absolute Gasteiger partial charge is 0.472 e. The summed E-state index contributed by atoms with van der Waals surface area (Å²) in [6.07, 6.45) is 70.9. The van der Waals surface area contributed by atoms with Crippen LogP contribution in [0.3, 0.4) is 0 Å². The van der Waals surface area contributed by atoms with Crippen molar-refractivity contribution in [3.8, 4) is 0 Å². The average molecular weight is 952 g/mol. The molecular formula is C57H94NO8P. The van der Waals surface area contributed by atoms with Crippen molar-refractivity contribution in [1.82, 2.24) is 0 Å². The van der Waals surface area contributed by atoms with Crippen molar-refractivity contribution in [3.63, 3.8) is 0 Å². The summed E-state index contributed by atoms with van der Waals surface area (Å²) in [6.45, 7) is 3.47. The molecule has 0 rings (SSSR count). The molecule has 0 aliphatic rings. The van der Waals surface area contributed by atoms with E-state index in [2.05, 4.69) is 135 Å². The molecule has 0 aromatic heterocycles. The Labute approximate surface area is 409 Å². The number of rotatable bonds is 47. The molecule has 0 aliphatic heterocycles. The van der Waals surface area contributed by atoms with Gasteiger partial charge in [0.2, 0.25) is 0 Å². The van der Waals surface area contributed by atoms with Gasteiger partial charge >= 0.3 is 19.8 Å². The number of hydrogen-bond acceptors (Lipinski definition) is 8. The number of unbranched alkanes of at least 4 members (excludes halogenated alkanes) is 14. The molecule has 0 radical (unpaired) electrons. The number of phosphoric acid groups is 1. The van der Waals surface area contributed by atoms with Crippen molar-refractivity contribution in [2.24, 2.45) is 5.73 Å². The Kier molecular flexibility index (Phi) is 49.0. The highest BCUT2D eigenvalue weighted by Gasteiger charge is 2.26. The van der Waals surface area contributed by atoms with E-state index in [0.717, 1.165) is 128 Å². The van der Waals surface area contributed by atoms with Gasteiger partial charge in [-0.05, 0) is 103 Å². The zero-order chi connectivity index (χ0) is 48.8. The minimum Gasteiger partial charge on any atom is -0.462 e. The summed E-state index contributed by atoms with van der Waals surface area (Å²) in [4.78, 5) is 35.1. The van der Waals surface area contributed by atoms with Gasteiger partial charge in [-0.25, -0.2) is 4.57 Å². The average Bonchev–Trinajstić information content (AvgIpc) is 3.32. The van der Waals surface area contributed by atoms with E-state index in [9.17, 15) is 19.0 Å². The Morgan fingerprint density at radius 1 is 0.448 bits per heavy atom. The van der Waals surface area contributed by atoms with Crippen LogP contribution < -0.4 is 5.73 Å². The van der Waals surface area contributed by atoms with Gasteiger partial charge in [-0.15, -0.1) is 0 Å². The maximum Gasteiger partial charge on any atom is 0.472 e. The monoisotopic (exact) mass is 952 g/mol. The zero-order valence-corrected chi connectivity index (χ0v) is 43.0. The van der Waals surface area contributed by atoms with E-state index in [1.807, 2.05) is 0 Å². The van der Waals surface area contributed by atoms with Gasteiger partial charge in [0.1, 0.15) is 6.61 Å². The van der Waals surface area contributed by atoms with Gasteiger partial charge in [0.15, 0.2) is 6.10 Å². The Balaban J connectivity index is 4.12. The summed E-state index contributed by atoms with van der Waals surface area (Å²) in [6, 6.07) is 0. The highest BCUT2D eigenvalue weighted by Crippen LogP contribution is 2.43. The molecule has 3 N–H and O–H groups in total. The molecule has 2 atom stereocenters. The molecule has 2 unspecified atom stereocenters. The predicted octanol–water partition coefficient (Wildman–Crippen LogP) is 16.1. The van der Waals surface area contributed by atoms with E-state index in [-0.39, 0.29) is 32.6 Å². The van der Waals surface area contributed by atoms with Gasteiger partial charge in [-0.1, -0.05) is 200 Å². The molecule has 0 aliphatic carbocycles. The van der Waals surface area contributed by atoms with E-state index >= 15 is 0 Å². The van der Waals surface area contributed by atoms with Gasteiger partial charge in [-0.3, -0.25) is 18.6 Å². The van der Waals surface area contributed by atoms with Crippen LogP contribution in [0.15, 0.2) is 122 Å². The maximum absolute atomic E-state index is 12.7. The van der Waals surface area contributed by atoms with Crippen molar-refractivity contribution in [2.45, 2.75) is 200 Å². The molecule has 67 heavy (non-hydrogen) atoms. The number of hydrogen-bond donors (Lipinski definition) is 2. The van der Waals surface area contributed by atoms with E-state index in [1.54, 1.807) is 0 Å². The van der Waals surface area contributed by atoms with Crippen LogP contribution in [0, 0.1) is 0 Å². The first-order valence-electron chi connectivity index (χ1n) is 26.0. The number of phosphoric ester groups is 1. The second-order valence-corrected chi connectivity index (χ2v) is 18.1. The molecule has 380 valence electrons. The highest BCUT2D eigenvalue weighted by molar-refractivity contribution is 7.47. The second kappa shape index (κ2) is 51.8. The van der Waals surface area contributed by atoms with Crippen LogP contribution in [0.25, 0.3) is 0 Å². The molecule has 0 amide bonds. The third-order valence-electron chi connectivity index (χ3n) is 10.3. The molecule has 0 fully saturated rings. The number of ether oxygens (including phenoxy) is 2. The lowest BCUT2D eigenvalue weighted by Gasteiger charge is -2.19. The summed E-state index contributed by atoms with van der Waals surface area (Å²) in [7, 11) is -4.40. The lowest BCUT2D eigenvalue weighted by atomic mass is 10.1. The Morgan fingerprint density at radius 2 is 0.776 bits per heavy atom. The molecule has 0 aromatic rings. The Bertz CT molecular complexity index is 1500. The van der Waals surface area contributed by atoms with Crippen molar-refractivity contribution in [3.05, 3.63) is 122 Å². The summed E-state index contributed by atoms with van der Waals surface area (Å²) in [5, 5.41) is 0. The number of allylic oxidation sites excluding steroid dienone is 20. The molecule has 9 nitrogen and oxygen atoms in total. The number of carbonyl (C=O) groups excluding carboxylic acids is 2. The summed E-state index contributed by atoms with van der Waals surface area (Å²) < 4.78 is 32.9. The molecule has 0 spiro atoms. The molecule has 0 aromatic carbocycles. The topological polar surface area (TPSA) is 134 Å². The lowest BCUT2D eigenvalue weighted by molar-refractivity contribution is -0.161. The Morgan fingerprint density at radius 3 is 1.15 bits per heavy atom. The van der Waals surface area contributed by atoms with Crippen molar-refractivity contribution >= 4 is 19.8 Å². The van der Waals surface area contributed by atoms with Crippen LogP contribution in [0.5, 0.6) is 0 Å². The quantitative estimate of drug-likeness (QED) is 0.0265. The molecule has 0 saturated heterocycles. The fraction of sp³-hybridized carbons (Fsp3) is 0.614. The molecule has 0 saturated carbocycles. The molecule has 0 heterocycles. The third-order valence-corrected chi connectivity index (χ3v) is 11.3. The van der Waals surface area contributed by atoms with E-state index in [4.69, 9.17) is 24.3 Å². The van der Waals surface area contributed by atoms with Crippen molar-refractivity contribution < 1.29 is 37.6 Å². The van der Waals surface area contributed by atoms with E-state index in [0.29, 0.717) is 12.8 Å². The zero-order valence-electron chi connectivity index (χ0n) is 42.1. The standard InChI is InChI=1S/C57H94NO8P/c1-3-5-7-9-11-13-15-17-19-21-23-24-25-26-27-28-29-30-32-34-36-38-40-42-44-46-48-50-57(60)66-55(54-65-67(61,62)64-52-51-58)53-63-56(59)49-47-45-43-41-39-37-35-33-31-22-20-18-16-14-12-10-8-6-4-2/h5-8,11-14,17-20,23-24,26-27,29-31,33,55H,3-4,9-10,15-16,21-22,25,28,32,34-54,58H2,1-2H3,(H,61,62)/b7-5-,8-6-,13-11-,14-12-,19-17-,20-18-,24-23-,27-26-,30-29-,33-31-. The number of carbonyl (C=O) groups is 2. The SMILES string of the molecule is CC/C=C\C/C=C\C/C=C\C/C=C\C/C=C\C/C=C\CCCCCCCCCCC(=O)OC(COC(=O)CCCCCCCC/C=C\C/C=C\C/C=C\C/C=C\CC)COP(=O)(O)OCCN. The lowest BCUT2D eigenvalue weighted by Crippen LogP contribution is -2.29. The summed E-state index contributed by atoms with van der Waals surface area (Å²) >= 11 is 0. The van der Waals surface area contributed by atoms with Gasteiger partial charge in [-0.2, -0.15) is 0 Å². The molecule has 0 bridgehead atoms. The van der Waals surface area contributed by atoms with Crippen LogP contribution in [-0.4, -0.2) is 49.3 Å². The number of nitrogens with two attached hydrogens (primary N) is 1. The van der Waals surface area contributed by atoms with Crippen molar-refractivity contribution in [2.75, 3.05) is 26.4 Å². The number of esters is 2. The van der Waals surface area contributed by atoms with Crippen LogP contribution in [-0.2, 0) is 32.7 Å². The van der Waals surface area contributed by atoms with Crippen LogP contribution in [0.4, 0.5) is 0 Å². The second-order valence-electron chi connectivity index (χ2n) is 16.6. The van der Waals surface area contributed by atoms with Crippen molar-refractivity contribution in [1.29, 1.82) is 0 Å². The first-order valence-corrected chi connectivity index (χ1v) is 27.5. The van der Waals surface area contributed by atoms with Gasteiger partial charge < -0.3 is 20.1 Å². The summed E-state index contributed by atoms with van der Waals surface area (Å²) in [5.74, 6) is -0.864. The minimum atomic E-state index is -4.40. The fourth-order valence-corrected chi connectivity index (χ4v) is 7.34. The Hall–Kier alpha value is -3.59. The predicted molar refractivity (Wildman–Crippen MR) is 284 cm³/mol. The van der Waals surface area contributed by atoms with Gasteiger partial charge in [0.25, 0.3) is 0 Å². The third kappa shape index (κ3) is 51.6. The van der Waals surface area contributed by atoms with Crippen LogP contribution >= 0.6 is 7.82 Å². The van der Waals surface area contributed by atoms with Crippen LogP contribution in [0.2, 0.25) is 0 Å². The fourth-order valence-electron chi connectivity index (χ4n) is 6.57. The normalized spacial score (nSPS) is 14.1. The first kappa shape index (κ1) is 63.4. The van der Waals surface area contributed by atoms with E-state index in [1.165, 1.54) is 25.7 Å².